The lowest BCUT2D eigenvalue weighted by molar-refractivity contribution is -0.138. The van der Waals surface area contributed by atoms with Gasteiger partial charge in [-0.2, -0.15) is 18.3 Å². The number of amides is 1. The Morgan fingerprint density at radius 2 is 2.00 bits per heavy atom. The number of thiocarbonyl (C=S) groups is 1. The predicted molar refractivity (Wildman–Crippen MR) is 108 cm³/mol. The highest BCUT2D eigenvalue weighted by Crippen LogP contribution is 2.38. The molecule has 0 aliphatic carbocycles. The highest BCUT2D eigenvalue weighted by molar-refractivity contribution is 7.80. The zero-order chi connectivity index (χ0) is 21.6. The Morgan fingerprint density at radius 1 is 1.28 bits per heavy atom. The molecule has 158 valence electrons. The van der Waals surface area contributed by atoms with Crippen molar-refractivity contribution in [1.82, 2.24) is 15.1 Å². The summed E-state index contributed by atoms with van der Waals surface area (Å²) in [6.07, 6.45) is -2.09. The minimum atomic E-state index is -4.59. The molecule has 0 radical (unpaired) electrons. The van der Waals surface area contributed by atoms with E-state index in [1.807, 2.05) is 6.92 Å². The van der Waals surface area contributed by atoms with Crippen LogP contribution in [-0.4, -0.2) is 27.4 Å². The Hall–Kier alpha value is -2.62. The van der Waals surface area contributed by atoms with Crippen molar-refractivity contribution < 1.29 is 22.7 Å². The maximum absolute atomic E-state index is 13.4. The highest BCUT2D eigenvalue weighted by atomic mass is 32.1. The Bertz CT molecular complexity index is 861. The summed E-state index contributed by atoms with van der Waals surface area (Å²) < 4.78 is 47.0. The van der Waals surface area contributed by atoms with Gasteiger partial charge in [-0.1, -0.05) is 19.8 Å². The lowest BCUT2D eigenvalue weighted by Gasteiger charge is -2.16. The van der Waals surface area contributed by atoms with Gasteiger partial charge < -0.3 is 10.1 Å². The molecule has 0 bridgehead atoms. The molecule has 2 rings (SSSR count). The molecule has 1 aromatic heterocycles. The summed E-state index contributed by atoms with van der Waals surface area (Å²) in [5.74, 6) is -0.795. The molecule has 0 aliphatic heterocycles. The fourth-order valence-electron chi connectivity index (χ4n) is 2.49. The van der Waals surface area contributed by atoms with Gasteiger partial charge in [-0.15, -0.1) is 0 Å². The molecule has 29 heavy (non-hydrogen) atoms. The first-order chi connectivity index (χ1) is 13.6. The standard InChI is InChI=1S/C19H23F3N4O2S/c1-4-5-6-9-28-16-8-7-13(11-14(16)19(20,21)22)23-18(29)24-17(27)15-10-12(2)26(3)25-15/h7-8,10-11H,4-6,9H2,1-3H3,(H2,23,24,27,29). The second kappa shape index (κ2) is 9.73. The van der Waals surface area contributed by atoms with E-state index in [1.54, 1.807) is 20.0 Å². The van der Waals surface area contributed by atoms with E-state index in [0.717, 1.165) is 24.6 Å². The van der Waals surface area contributed by atoms with Crippen LogP contribution in [0.2, 0.25) is 0 Å². The molecule has 1 amide bonds. The van der Waals surface area contributed by atoms with Crippen LogP contribution in [0.3, 0.4) is 0 Å². The number of rotatable bonds is 7. The van der Waals surface area contributed by atoms with Crippen LogP contribution in [0.15, 0.2) is 24.3 Å². The van der Waals surface area contributed by atoms with Crippen molar-refractivity contribution in [2.75, 3.05) is 11.9 Å². The van der Waals surface area contributed by atoms with Gasteiger partial charge in [-0.3, -0.25) is 14.8 Å². The Labute approximate surface area is 172 Å². The zero-order valence-corrected chi connectivity index (χ0v) is 17.2. The second-order valence-corrected chi connectivity index (χ2v) is 6.88. The molecule has 2 N–H and O–H groups in total. The molecule has 0 aliphatic rings. The number of aromatic nitrogens is 2. The van der Waals surface area contributed by atoms with E-state index in [-0.39, 0.29) is 28.9 Å². The molecule has 0 unspecified atom stereocenters. The Balaban J connectivity index is 2.07. The number of hydrogen-bond acceptors (Lipinski definition) is 4. The summed E-state index contributed by atoms with van der Waals surface area (Å²) in [6.45, 7) is 3.99. The lowest BCUT2D eigenvalue weighted by Crippen LogP contribution is -2.34. The number of anilines is 1. The van der Waals surface area contributed by atoms with Crippen molar-refractivity contribution in [1.29, 1.82) is 0 Å². The summed E-state index contributed by atoms with van der Waals surface area (Å²) in [5, 5.41) is 8.87. The number of ether oxygens (including phenoxy) is 1. The zero-order valence-electron chi connectivity index (χ0n) is 16.4. The largest absolute Gasteiger partial charge is 0.493 e. The molecule has 1 heterocycles. The Morgan fingerprint density at radius 3 is 2.59 bits per heavy atom. The van der Waals surface area contributed by atoms with Crippen LogP contribution in [0.25, 0.3) is 0 Å². The maximum atomic E-state index is 13.4. The quantitative estimate of drug-likeness (QED) is 0.504. The van der Waals surface area contributed by atoms with Crippen LogP contribution in [0.4, 0.5) is 18.9 Å². The number of carbonyl (C=O) groups is 1. The monoisotopic (exact) mass is 428 g/mol. The number of nitrogens with zero attached hydrogens (tertiary/aromatic N) is 2. The first kappa shape index (κ1) is 22.7. The number of alkyl halides is 3. The smallest absolute Gasteiger partial charge is 0.420 e. The van der Waals surface area contributed by atoms with Gasteiger partial charge in [0.1, 0.15) is 5.75 Å². The van der Waals surface area contributed by atoms with Crippen LogP contribution >= 0.6 is 12.2 Å². The van der Waals surface area contributed by atoms with Crippen LogP contribution in [0.1, 0.15) is 47.9 Å². The molecule has 2 aromatic rings. The summed E-state index contributed by atoms with van der Waals surface area (Å²) in [4.78, 5) is 12.1. The van der Waals surface area contributed by atoms with E-state index in [2.05, 4.69) is 15.7 Å². The van der Waals surface area contributed by atoms with Crippen LogP contribution in [0.5, 0.6) is 5.75 Å². The van der Waals surface area contributed by atoms with Gasteiger partial charge in [0.2, 0.25) is 0 Å². The minimum absolute atomic E-state index is 0.0840. The van der Waals surface area contributed by atoms with Crippen LogP contribution in [0, 0.1) is 6.92 Å². The van der Waals surface area contributed by atoms with Gasteiger partial charge in [0.25, 0.3) is 5.91 Å². The van der Waals surface area contributed by atoms with Crippen molar-refractivity contribution in [3.8, 4) is 5.75 Å². The third kappa shape index (κ3) is 6.45. The summed E-state index contributed by atoms with van der Waals surface area (Å²) in [6, 6.07) is 5.13. The van der Waals surface area contributed by atoms with Gasteiger partial charge in [0.15, 0.2) is 10.8 Å². The molecule has 0 saturated carbocycles. The van der Waals surface area contributed by atoms with Crippen molar-refractivity contribution in [2.45, 2.75) is 39.3 Å². The number of nitrogens with one attached hydrogen (secondary N) is 2. The molecule has 6 nitrogen and oxygen atoms in total. The van der Waals surface area contributed by atoms with Crippen molar-refractivity contribution in [3.05, 3.63) is 41.2 Å². The van der Waals surface area contributed by atoms with Gasteiger partial charge in [0.05, 0.1) is 12.2 Å². The summed E-state index contributed by atoms with van der Waals surface area (Å²) in [5.41, 5.74) is 0.105. The van der Waals surface area contributed by atoms with E-state index in [0.29, 0.717) is 6.42 Å². The predicted octanol–water partition coefficient (Wildman–Crippen LogP) is 4.44. The van der Waals surface area contributed by atoms with E-state index >= 15 is 0 Å². The summed E-state index contributed by atoms with van der Waals surface area (Å²) >= 11 is 5.03. The average Bonchev–Trinajstić information content (AvgIpc) is 2.97. The SMILES string of the molecule is CCCCCOc1ccc(NC(=S)NC(=O)c2cc(C)n(C)n2)cc1C(F)(F)F. The molecular formula is C19H23F3N4O2S. The maximum Gasteiger partial charge on any atom is 0.420 e. The van der Waals surface area contributed by atoms with Crippen LogP contribution in [-0.2, 0) is 13.2 Å². The highest BCUT2D eigenvalue weighted by Gasteiger charge is 2.34. The molecule has 10 heteroatoms. The molecule has 1 aromatic carbocycles. The molecular weight excluding hydrogens is 405 g/mol. The second-order valence-electron chi connectivity index (χ2n) is 6.47. The van der Waals surface area contributed by atoms with Crippen molar-refractivity contribution in [3.63, 3.8) is 0 Å². The van der Waals surface area contributed by atoms with E-state index in [4.69, 9.17) is 17.0 Å². The fourth-order valence-corrected chi connectivity index (χ4v) is 2.70. The van der Waals surface area contributed by atoms with E-state index in [9.17, 15) is 18.0 Å². The molecule has 0 saturated heterocycles. The van der Waals surface area contributed by atoms with Gasteiger partial charge in [-0.25, -0.2) is 0 Å². The van der Waals surface area contributed by atoms with Gasteiger partial charge >= 0.3 is 6.18 Å². The number of aryl methyl sites for hydroxylation is 2. The van der Waals surface area contributed by atoms with Gasteiger partial charge in [-0.05, 0) is 49.8 Å². The average molecular weight is 428 g/mol. The number of unbranched alkanes of at least 4 members (excludes halogenated alkanes) is 2. The number of halogens is 3. The third-order valence-corrected chi connectivity index (χ3v) is 4.33. The van der Waals surface area contributed by atoms with Gasteiger partial charge in [0, 0.05) is 18.4 Å². The first-order valence-corrected chi connectivity index (χ1v) is 9.49. The topological polar surface area (TPSA) is 68.2 Å². The van der Waals surface area contributed by atoms with Crippen molar-refractivity contribution in [2.24, 2.45) is 7.05 Å². The third-order valence-electron chi connectivity index (χ3n) is 4.12. The number of hydrogen-bond donors (Lipinski definition) is 2. The fraction of sp³-hybridized carbons (Fsp3) is 0.421. The van der Waals surface area contributed by atoms with E-state index in [1.165, 1.54) is 16.8 Å². The molecule has 0 atom stereocenters. The minimum Gasteiger partial charge on any atom is -0.493 e. The van der Waals surface area contributed by atoms with E-state index < -0.39 is 17.6 Å². The Kier molecular flexibility index (Phi) is 7.60. The normalized spacial score (nSPS) is 11.2. The van der Waals surface area contributed by atoms with Crippen molar-refractivity contribution >= 4 is 28.9 Å². The summed E-state index contributed by atoms with van der Waals surface area (Å²) in [7, 11) is 1.69. The number of benzene rings is 1. The van der Waals surface area contributed by atoms with Crippen LogP contribution < -0.4 is 15.4 Å². The number of carbonyl (C=O) groups excluding carboxylic acids is 1. The lowest BCUT2D eigenvalue weighted by atomic mass is 10.1. The first-order valence-electron chi connectivity index (χ1n) is 9.08. The molecule has 0 spiro atoms. The molecule has 0 fully saturated rings.